The Hall–Kier alpha value is -2.00. The van der Waals surface area contributed by atoms with E-state index in [9.17, 15) is 4.79 Å². The third-order valence-electron chi connectivity index (χ3n) is 4.17. The van der Waals surface area contributed by atoms with E-state index in [0.29, 0.717) is 0 Å². The molecule has 0 unspecified atom stereocenters. The average molecular weight is 290 g/mol. The molecule has 21 heavy (non-hydrogen) atoms. The van der Waals surface area contributed by atoms with Crippen LogP contribution < -0.4 is 14.4 Å². The van der Waals surface area contributed by atoms with E-state index >= 15 is 0 Å². The number of methoxy groups -OCH3 is 2. The molecule has 1 aromatic rings. The topological polar surface area (TPSA) is 51.1 Å². The van der Waals surface area contributed by atoms with Gasteiger partial charge >= 0.3 is 0 Å². The van der Waals surface area contributed by atoms with Gasteiger partial charge in [-0.25, -0.2) is 4.79 Å². The van der Waals surface area contributed by atoms with Gasteiger partial charge in [0.2, 0.25) is 6.08 Å². The van der Waals surface area contributed by atoms with Gasteiger partial charge in [-0.2, -0.15) is 4.99 Å². The van der Waals surface area contributed by atoms with Crippen molar-refractivity contribution < 1.29 is 14.3 Å². The first kappa shape index (κ1) is 15.4. The minimum absolute atomic E-state index is 0.523. The maximum atomic E-state index is 10.9. The number of carbonyl (C=O) groups excluding carboxylic acids is 1. The molecule has 0 aliphatic heterocycles. The Morgan fingerprint density at radius 1 is 1.14 bits per heavy atom. The molecule has 1 fully saturated rings. The van der Waals surface area contributed by atoms with Crippen LogP contribution in [0.1, 0.15) is 31.2 Å². The monoisotopic (exact) mass is 290 g/mol. The molecule has 0 spiro atoms. The summed E-state index contributed by atoms with van der Waals surface area (Å²) in [6.45, 7) is 0. The summed E-state index contributed by atoms with van der Waals surface area (Å²) in [6, 6.07) is 3.88. The standard InChI is InChI=1S/C16H22N2O3/c1-18(2)13-10-14(20-3)12(9-15(13)21-4)16(17-11-19)7-5-6-8-16/h9-10H,5-8H2,1-4H3. The SMILES string of the molecule is COc1cc(C2(N=C=O)CCCC2)c(OC)cc1N(C)C. The molecular formula is C16H22N2O3. The zero-order valence-corrected chi connectivity index (χ0v) is 13.1. The lowest BCUT2D eigenvalue weighted by atomic mass is 9.87. The van der Waals surface area contributed by atoms with Crippen LogP contribution in [0, 0.1) is 0 Å². The Kier molecular flexibility index (Phi) is 4.53. The van der Waals surface area contributed by atoms with Crippen LogP contribution in [0.25, 0.3) is 0 Å². The molecule has 0 atom stereocenters. The van der Waals surface area contributed by atoms with E-state index < -0.39 is 5.54 Å². The number of rotatable bonds is 5. The van der Waals surface area contributed by atoms with E-state index in [2.05, 4.69) is 4.99 Å². The van der Waals surface area contributed by atoms with Crippen molar-refractivity contribution in [1.29, 1.82) is 0 Å². The summed E-state index contributed by atoms with van der Waals surface area (Å²) >= 11 is 0. The molecule has 1 aromatic carbocycles. The molecule has 5 nitrogen and oxygen atoms in total. The van der Waals surface area contributed by atoms with Crippen molar-refractivity contribution in [3.63, 3.8) is 0 Å². The Bertz CT molecular complexity index is 557. The predicted molar refractivity (Wildman–Crippen MR) is 82.1 cm³/mol. The first-order valence-electron chi connectivity index (χ1n) is 7.11. The Balaban J connectivity index is 2.64. The van der Waals surface area contributed by atoms with Crippen LogP contribution in [-0.2, 0) is 10.3 Å². The van der Waals surface area contributed by atoms with E-state index in [-0.39, 0.29) is 0 Å². The highest BCUT2D eigenvalue weighted by Crippen LogP contribution is 2.48. The highest BCUT2D eigenvalue weighted by atomic mass is 16.5. The molecule has 0 N–H and O–H groups in total. The smallest absolute Gasteiger partial charge is 0.235 e. The highest BCUT2D eigenvalue weighted by Gasteiger charge is 2.39. The molecule has 0 amide bonds. The second kappa shape index (κ2) is 6.19. The van der Waals surface area contributed by atoms with Crippen molar-refractivity contribution >= 4 is 11.8 Å². The van der Waals surface area contributed by atoms with E-state index in [1.165, 1.54) is 0 Å². The summed E-state index contributed by atoms with van der Waals surface area (Å²) < 4.78 is 11.0. The van der Waals surface area contributed by atoms with Crippen LogP contribution in [0.5, 0.6) is 11.5 Å². The summed E-state index contributed by atoms with van der Waals surface area (Å²) in [5.74, 6) is 1.49. The van der Waals surface area contributed by atoms with Crippen molar-refractivity contribution in [1.82, 2.24) is 0 Å². The van der Waals surface area contributed by atoms with Crippen LogP contribution in [0.3, 0.4) is 0 Å². The van der Waals surface area contributed by atoms with Gasteiger partial charge in [0, 0.05) is 25.7 Å². The Morgan fingerprint density at radius 2 is 1.76 bits per heavy atom. The van der Waals surface area contributed by atoms with Crippen molar-refractivity contribution in [2.75, 3.05) is 33.2 Å². The molecule has 1 aliphatic rings. The fourth-order valence-electron chi connectivity index (χ4n) is 3.08. The molecule has 1 saturated carbocycles. The fraction of sp³-hybridized carbons (Fsp3) is 0.562. The molecule has 0 radical (unpaired) electrons. The summed E-state index contributed by atoms with van der Waals surface area (Å²) in [5.41, 5.74) is 1.32. The van der Waals surface area contributed by atoms with Gasteiger partial charge < -0.3 is 14.4 Å². The number of nitrogens with zero attached hydrogens (tertiary/aromatic N) is 2. The Labute approximate surface area is 125 Å². The van der Waals surface area contributed by atoms with Crippen molar-refractivity contribution in [2.24, 2.45) is 4.99 Å². The van der Waals surface area contributed by atoms with Crippen LogP contribution in [0.4, 0.5) is 5.69 Å². The Morgan fingerprint density at radius 3 is 2.24 bits per heavy atom. The van der Waals surface area contributed by atoms with Gasteiger partial charge in [-0.05, 0) is 18.9 Å². The lowest BCUT2D eigenvalue weighted by molar-refractivity contribution is 0.372. The van der Waals surface area contributed by atoms with Crippen molar-refractivity contribution in [3.8, 4) is 11.5 Å². The maximum absolute atomic E-state index is 10.9. The number of aliphatic imine (C=N–C) groups is 1. The third-order valence-corrected chi connectivity index (χ3v) is 4.17. The molecule has 114 valence electrons. The zero-order valence-electron chi connectivity index (χ0n) is 13.1. The number of isocyanates is 1. The molecular weight excluding hydrogens is 268 g/mol. The van der Waals surface area contributed by atoms with Crippen molar-refractivity contribution in [3.05, 3.63) is 17.7 Å². The molecule has 0 saturated heterocycles. The van der Waals surface area contributed by atoms with Gasteiger partial charge in [0.25, 0.3) is 0 Å². The van der Waals surface area contributed by atoms with Gasteiger partial charge in [0.15, 0.2) is 0 Å². The summed E-state index contributed by atoms with van der Waals surface area (Å²) in [5, 5.41) is 0. The van der Waals surface area contributed by atoms with Crippen LogP contribution in [0.2, 0.25) is 0 Å². The molecule has 5 heteroatoms. The first-order valence-corrected chi connectivity index (χ1v) is 7.11. The lowest BCUT2D eigenvalue weighted by Crippen LogP contribution is -2.21. The largest absolute Gasteiger partial charge is 0.496 e. The van der Waals surface area contributed by atoms with Gasteiger partial charge in [-0.15, -0.1) is 0 Å². The maximum Gasteiger partial charge on any atom is 0.235 e. The summed E-state index contributed by atoms with van der Waals surface area (Å²) in [7, 11) is 7.18. The number of anilines is 1. The van der Waals surface area contributed by atoms with Crippen LogP contribution in [0.15, 0.2) is 17.1 Å². The van der Waals surface area contributed by atoms with E-state index in [0.717, 1.165) is 48.4 Å². The normalized spacial score (nSPS) is 16.2. The molecule has 1 aliphatic carbocycles. The predicted octanol–water partition coefficient (Wildman–Crippen LogP) is 2.87. The molecule has 0 bridgehead atoms. The van der Waals surface area contributed by atoms with Gasteiger partial charge in [0.1, 0.15) is 17.0 Å². The molecule has 0 heterocycles. The fourth-order valence-corrected chi connectivity index (χ4v) is 3.08. The lowest BCUT2D eigenvalue weighted by Gasteiger charge is -2.27. The number of hydrogen-bond acceptors (Lipinski definition) is 5. The van der Waals surface area contributed by atoms with E-state index in [1.807, 2.05) is 31.1 Å². The number of ether oxygens (including phenoxy) is 2. The highest BCUT2D eigenvalue weighted by molar-refractivity contribution is 5.65. The van der Waals surface area contributed by atoms with Crippen molar-refractivity contribution in [2.45, 2.75) is 31.2 Å². The number of benzene rings is 1. The summed E-state index contributed by atoms with van der Waals surface area (Å²) in [6.07, 6.45) is 5.51. The first-order chi connectivity index (χ1) is 10.1. The quantitative estimate of drug-likeness (QED) is 0.618. The van der Waals surface area contributed by atoms with Gasteiger partial charge in [0.05, 0.1) is 19.9 Å². The summed E-state index contributed by atoms with van der Waals surface area (Å²) in [4.78, 5) is 17.0. The third kappa shape index (κ3) is 2.74. The minimum Gasteiger partial charge on any atom is -0.496 e. The second-order valence-electron chi connectivity index (χ2n) is 5.56. The van der Waals surface area contributed by atoms with Gasteiger partial charge in [-0.3, -0.25) is 0 Å². The second-order valence-corrected chi connectivity index (χ2v) is 5.56. The number of hydrogen-bond donors (Lipinski definition) is 0. The van der Waals surface area contributed by atoms with Crippen LogP contribution >= 0.6 is 0 Å². The van der Waals surface area contributed by atoms with E-state index in [4.69, 9.17) is 9.47 Å². The van der Waals surface area contributed by atoms with Gasteiger partial charge in [-0.1, -0.05) is 12.8 Å². The molecule has 0 aromatic heterocycles. The van der Waals surface area contributed by atoms with Crippen LogP contribution in [-0.4, -0.2) is 34.4 Å². The molecule has 2 rings (SSSR count). The average Bonchev–Trinajstić information content (AvgIpc) is 2.95. The van der Waals surface area contributed by atoms with E-state index in [1.54, 1.807) is 20.3 Å². The minimum atomic E-state index is -0.523. The zero-order chi connectivity index (χ0) is 15.5.